The highest BCUT2D eigenvalue weighted by Crippen LogP contribution is 2.31. The number of halogens is 2. The number of hydrogen-bond acceptors (Lipinski definition) is 6. The van der Waals surface area contributed by atoms with Gasteiger partial charge in [0.15, 0.2) is 5.82 Å². The summed E-state index contributed by atoms with van der Waals surface area (Å²) in [6, 6.07) is 7.24. The van der Waals surface area contributed by atoms with Crippen molar-refractivity contribution < 1.29 is 13.5 Å². The van der Waals surface area contributed by atoms with E-state index in [-0.39, 0.29) is 5.82 Å². The number of rotatable bonds is 5. The highest BCUT2D eigenvalue weighted by Gasteiger charge is 2.24. The van der Waals surface area contributed by atoms with Gasteiger partial charge in [0.05, 0.1) is 24.2 Å². The number of para-hydroxylation sites is 1. The van der Waals surface area contributed by atoms with Crippen LogP contribution in [0, 0.1) is 6.92 Å². The number of fused-ring (bicyclic) bond motifs is 1. The highest BCUT2D eigenvalue weighted by molar-refractivity contribution is 5.81. The zero-order chi connectivity index (χ0) is 22.8. The lowest BCUT2D eigenvalue weighted by Gasteiger charge is -2.28. The summed E-state index contributed by atoms with van der Waals surface area (Å²) in [5.41, 5.74) is 3.35. The first kappa shape index (κ1) is 21.8. The van der Waals surface area contributed by atoms with E-state index in [0.717, 1.165) is 18.4 Å². The molecule has 1 N–H and O–H groups in total. The fourth-order valence-electron chi connectivity index (χ4n) is 4.56. The maximum Gasteiger partial charge on any atom is 0.296 e. The third-order valence-electron chi connectivity index (χ3n) is 6.26. The minimum atomic E-state index is -2.74. The van der Waals surface area contributed by atoms with Crippen molar-refractivity contribution in [1.29, 1.82) is 0 Å². The number of anilines is 2. The van der Waals surface area contributed by atoms with E-state index in [1.54, 1.807) is 12.1 Å². The quantitative estimate of drug-likeness (QED) is 0.575. The summed E-state index contributed by atoms with van der Waals surface area (Å²) in [6.07, 6.45) is 4.99. The van der Waals surface area contributed by atoms with E-state index in [1.165, 1.54) is 29.4 Å². The predicted octanol–water partition coefficient (Wildman–Crippen LogP) is 5.16. The summed E-state index contributed by atoms with van der Waals surface area (Å²) in [6.45, 7) is 4.46. The first-order valence-electron chi connectivity index (χ1n) is 11.5. The zero-order valence-electron chi connectivity index (χ0n) is 18.7. The van der Waals surface area contributed by atoms with Gasteiger partial charge in [0.2, 0.25) is 5.95 Å². The minimum absolute atomic E-state index is 0.317. The Balaban J connectivity index is 1.63. The molecule has 0 radical (unpaired) electrons. The number of ether oxygens (including phenoxy) is 1. The molecule has 1 aliphatic carbocycles. The van der Waals surface area contributed by atoms with Crippen molar-refractivity contribution in [2.24, 2.45) is 0 Å². The molecule has 1 aliphatic heterocycles. The maximum atomic E-state index is 14.1. The van der Waals surface area contributed by atoms with Gasteiger partial charge in [-0.1, -0.05) is 24.1 Å². The Bertz CT molecular complexity index is 1160. The third-order valence-corrected chi connectivity index (χ3v) is 6.26. The van der Waals surface area contributed by atoms with Gasteiger partial charge in [0.1, 0.15) is 11.6 Å². The Kier molecular flexibility index (Phi) is 6.22. The first-order chi connectivity index (χ1) is 16.1. The fraction of sp³-hybridized carbons (Fsp3) is 0.458. The molecule has 0 spiro atoms. The average molecular weight is 455 g/mol. The van der Waals surface area contributed by atoms with E-state index in [0.29, 0.717) is 54.9 Å². The molecule has 174 valence electrons. The number of nitrogens with zero attached hydrogens (tertiary/aromatic N) is 5. The van der Waals surface area contributed by atoms with Crippen molar-refractivity contribution in [1.82, 2.24) is 19.5 Å². The van der Waals surface area contributed by atoms with Crippen LogP contribution in [0.4, 0.5) is 20.5 Å². The molecule has 0 amide bonds. The van der Waals surface area contributed by atoms with Gasteiger partial charge in [-0.3, -0.25) is 4.57 Å². The van der Waals surface area contributed by atoms with Crippen LogP contribution >= 0.6 is 0 Å². The van der Waals surface area contributed by atoms with Crippen LogP contribution in [-0.2, 0) is 4.74 Å². The van der Waals surface area contributed by atoms with Gasteiger partial charge in [0, 0.05) is 25.4 Å². The molecule has 9 heteroatoms. The number of aryl methyl sites for hydroxylation is 1. The van der Waals surface area contributed by atoms with Crippen LogP contribution in [0.5, 0.6) is 0 Å². The van der Waals surface area contributed by atoms with Gasteiger partial charge in [-0.2, -0.15) is 9.97 Å². The summed E-state index contributed by atoms with van der Waals surface area (Å²) >= 11 is 0. The van der Waals surface area contributed by atoms with Crippen LogP contribution in [0.15, 0.2) is 36.0 Å². The molecular formula is C24H28F2N6O. The molecule has 2 aromatic heterocycles. The molecule has 1 aromatic carbocycles. The van der Waals surface area contributed by atoms with Crippen LogP contribution in [-0.4, -0.2) is 45.8 Å². The number of allylic oxidation sites excluding steroid dienone is 1. The summed E-state index contributed by atoms with van der Waals surface area (Å²) in [5, 5.41) is 3.24. The van der Waals surface area contributed by atoms with E-state index in [9.17, 15) is 8.78 Å². The van der Waals surface area contributed by atoms with Gasteiger partial charge in [-0.15, -0.1) is 0 Å². The molecule has 0 atom stereocenters. The lowest BCUT2D eigenvalue weighted by molar-refractivity contribution is 0.122. The standard InChI is InChI=1S/C24H28F2N6O/c1-16-6-5-9-18-21(16)32(23(28-18)22(25)26)20-14-19(31-10-12-33-13-11-31)29-24(30-20)27-15-17-7-3-2-4-8-17/h5-6,9,14-15,22H,2-4,7-8,10-13H2,1H3,(H,27,29,30). The van der Waals surface area contributed by atoms with Gasteiger partial charge >= 0.3 is 0 Å². The lowest BCUT2D eigenvalue weighted by atomic mass is 9.96. The normalized spacial score (nSPS) is 17.1. The third kappa shape index (κ3) is 4.55. The molecule has 0 unspecified atom stereocenters. The molecule has 3 aromatic rings. The molecule has 2 aliphatic rings. The second kappa shape index (κ2) is 9.43. The Morgan fingerprint density at radius 2 is 1.79 bits per heavy atom. The number of aromatic nitrogens is 4. The number of benzene rings is 1. The second-order valence-electron chi connectivity index (χ2n) is 8.56. The van der Waals surface area contributed by atoms with E-state index < -0.39 is 6.43 Å². The Morgan fingerprint density at radius 1 is 1.03 bits per heavy atom. The monoisotopic (exact) mass is 454 g/mol. The molecule has 1 saturated carbocycles. The molecule has 33 heavy (non-hydrogen) atoms. The fourth-order valence-corrected chi connectivity index (χ4v) is 4.56. The molecule has 7 nitrogen and oxygen atoms in total. The number of morpholine rings is 1. The Morgan fingerprint density at radius 3 is 2.55 bits per heavy atom. The minimum Gasteiger partial charge on any atom is -0.378 e. The summed E-state index contributed by atoms with van der Waals surface area (Å²) in [7, 11) is 0. The highest BCUT2D eigenvalue weighted by atomic mass is 19.3. The molecule has 5 rings (SSSR count). The van der Waals surface area contributed by atoms with E-state index in [2.05, 4.69) is 20.2 Å². The van der Waals surface area contributed by atoms with Crippen LogP contribution in [0.25, 0.3) is 16.9 Å². The summed E-state index contributed by atoms with van der Waals surface area (Å²) < 4.78 is 35.1. The van der Waals surface area contributed by atoms with Crippen LogP contribution in [0.1, 0.15) is 49.9 Å². The smallest absolute Gasteiger partial charge is 0.296 e. The maximum absolute atomic E-state index is 14.1. The Labute approximate surface area is 191 Å². The largest absolute Gasteiger partial charge is 0.378 e. The van der Waals surface area contributed by atoms with Gasteiger partial charge in [0.25, 0.3) is 6.43 Å². The summed E-state index contributed by atoms with van der Waals surface area (Å²) in [4.78, 5) is 15.7. The van der Waals surface area contributed by atoms with E-state index in [4.69, 9.17) is 9.72 Å². The topological polar surface area (TPSA) is 68.1 Å². The Hall–Kier alpha value is -3.07. The average Bonchev–Trinajstić information content (AvgIpc) is 3.25. The van der Waals surface area contributed by atoms with E-state index in [1.807, 2.05) is 25.3 Å². The lowest BCUT2D eigenvalue weighted by Crippen LogP contribution is -2.37. The number of nitrogens with one attached hydrogen (secondary N) is 1. The van der Waals surface area contributed by atoms with Crippen LogP contribution in [0.2, 0.25) is 0 Å². The first-order valence-corrected chi connectivity index (χ1v) is 11.5. The number of imidazole rings is 1. The van der Waals surface area contributed by atoms with Crippen LogP contribution < -0.4 is 10.2 Å². The van der Waals surface area contributed by atoms with Crippen molar-refractivity contribution in [3.63, 3.8) is 0 Å². The van der Waals surface area contributed by atoms with Crippen LogP contribution in [0.3, 0.4) is 0 Å². The van der Waals surface area contributed by atoms with Crippen molar-refractivity contribution in [3.8, 4) is 5.82 Å². The zero-order valence-corrected chi connectivity index (χ0v) is 18.7. The molecule has 3 heterocycles. The molecule has 2 fully saturated rings. The molecule has 1 saturated heterocycles. The SMILES string of the molecule is Cc1cccc2nc(C(F)F)n(-c3cc(N4CCOCC4)nc(NC=C4CCCCC4)n3)c12. The van der Waals surface area contributed by atoms with Crippen molar-refractivity contribution in [3.05, 3.63) is 47.4 Å². The van der Waals surface area contributed by atoms with Gasteiger partial charge in [-0.25, -0.2) is 13.8 Å². The predicted molar refractivity (Wildman–Crippen MR) is 124 cm³/mol. The summed E-state index contributed by atoms with van der Waals surface area (Å²) in [5.74, 6) is 1.14. The van der Waals surface area contributed by atoms with Crippen molar-refractivity contribution in [2.45, 2.75) is 45.5 Å². The molecule has 0 bridgehead atoms. The van der Waals surface area contributed by atoms with Gasteiger partial charge in [-0.05, 0) is 44.2 Å². The number of hydrogen-bond donors (Lipinski definition) is 1. The number of alkyl halides is 2. The van der Waals surface area contributed by atoms with E-state index >= 15 is 0 Å². The van der Waals surface area contributed by atoms with Crippen molar-refractivity contribution in [2.75, 3.05) is 36.5 Å². The van der Waals surface area contributed by atoms with Crippen molar-refractivity contribution >= 4 is 22.8 Å². The van der Waals surface area contributed by atoms with Gasteiger partial charge < -0.3 is 15.0 Å². The second-order valence-corrected chi connectivity index (χ2v) is 8.56. The molecular weight excluding hydrogens is 426 g/mol.